The van der Waals surface area contributed by atoms with Crippen LogP contribution >= 0.6 is 0 Å². The minimum absolute atomic E-state index is 0.0849. The number of aryl methyl sites for hydroxylation is 1. The summed E-state index contributed by atoms with van der Waals surface area (Å²) in [5.74, 6) is -1.57. The molecule has 1 aliphatic heterocycles. The Balaban J connectivity index is 1.50. The molecule has 1 amide bonds. The van der Waals surface area contributed by atoms with Gasteiger partial charge in [0, 0.05) is 18.7 Å². The number of carbonyl (C=O) groups is 1. The molecule has 3 heterocycles. The molecule has 2 aromatic heterocycles. The molecule has 1 aromatic carbocycles. The van der Waals surface area contributed by atoms with Crippen LogP contribution in [0.25, 0.3) is 11.6 Å². The number of amides is 1. The van der Waals surface area contributed by atoms with Crippen molar-refractivity contribution in [3.05, 3.63) is 47.4 Å². The lowest BCUT2D eigenvalue weighted by Gasteiger charge is -2.32. The van der Waals surface area contributed by atoms with Crippen molar-refractivity contribution in [2.45, 2.75) is 25.8 Å². The van der Waals surface area contributed by atoms with E-state index < -0.39 is 11.6 Å². The molecule has 0 spiro atoms. The second-order valence-corrected chi connectivity index (χ2v) is 6.41. The first kappa shape index (κ1) is 17.3. The lowest BCUT2D eigenvalue weighted by molar-refractivity contribution is 0.0671. The van der Waals surface area contributed by atoms with Crippen LogP contribution in [0.4, 0.5) is 8.78 Å². The normalized spacial score (nSPS) is 17.3. The Morgan fingerprint density at radius 3 is 2.89 bits per heavy atom. The van der Waals surface area contributed by atoms with Crippen molar-refractivity contribution in [2.75, 3.05) is 13.1 Å². The summed E-state index contributed by atoms with van der Waals surface area (Å²) < 4.78 is 33.3. The summed E-state index contributed by atoms with van der Waals surface area (Å²) in [6.07, 6.45) is 3.27. The molecular weight excluding hydrogens is 358 g/mol. The van der Waals surface area contributed by atoms with Crippen molar-refractivity contribution in [1.82, 2.24) is 30.0 Å². The zero-order valence-corrected chi connectivity index (χ0v) is 14.5. The number of piperidine rings is 1. The zero-order chi connectivity index (χ0) is 19.0. The van der Waals surface area contributed by atoms with Gasteiger partial charge in [-0.25, -0.2) is 13.5 Å². The van der Waals surface area contributed by atoms with Crippen LogP contribution in [0.15, 0.2) is 28.9 Å². The average molecular weight is 374 g/mol. The monoisotopic (exact) mass is 374 g/mol. The van der Waals surface area contributed by atoms with Crippen LogP contribution in [0, 0.1) is 18.6 Å². The molecular formula is C17H16F2N6O2. The highest BCUT2D eigenvalue weighted by Crippen LogP contribution is 2.24. The summed E-state index contributed by atoms with van der Waals surface area (Å²) in [4.78, 5) is 18.4. The summed E-state index contributed by atoms with van der Waals surface area (Å²) >= 11 is 0. The van der Waals surface area contributed by atoms with Crippen LogP contribution in [0.3, 0.4) is 0 Å². The van der Waals surface area contributed by atoms with Crippen LogP contribution in [-0.4, -0.2) is 49.0 Å². The Morgan fingerprint density at radius 1 is 1.30 bits per heavy atom. The fourth-order valence-corrected chi connectivity index (χ4v) is 3.12. The summed E-state index contributed by atoms with van der Waals surface area (Å²) in [7, 11) is 0. The van der Waals surface area contributed by atoms with E-state index in [9.17, 15) is 13.6 Å². The third-order valence-electron chi connectivity index (χ3n) is 4.48. The Kier molecular flexibility index (Phi) is 4.38. The summed E-state index contributed by atoms with van der Waals surface area (Å²) in [6.45, 7) is 2.64. The van der Waals surface area contributed by atoms with E-state index in [1.165, 1.54) is 6.07 Å². The van der Waals surface area contributed by atoms with Gasteiger partial charge in [0.05, 0.1) is 12.2 Å². The second-order valence-electron chi connectivity index (χ2n) is 6.41. The Hall–Kier alpha value is -3.17. The molecule has 8 nitrogen and oxygen atoms in total. The quantitative estimate of drug-likeness (QED) is 0.699. The first-order valence-electron chi connectivity index (χ1n) is 8.48. The SMILES string of the molecule is Cc1noc(-c2cn(C3CCCN(C(=O)c4ccc(F)c(F)c4)C3)nn2)n1. The third kappa shape index (κ3) is 3.42. The van der Waals surface area contributed by atoms with Gasteiger partial charge in [0.15, 0.2) is 23.2 Å². The molecule has 4 rings (SSSR count). The predicted octanol–water partition coefficient (Wildman–Crippen LogP) is 2.39. The molecule has 0 saturated carbocycles. The van der Waals surface area contributed by atoms with Gasteiger partial charge in [-0.05, 0) is 38.0 Å². The fourth-order valence-electron chi connectivity index (χ4n) is 3.12. The molecule has 10 heteroatoms. The summed E-state index contributed by atoms with van der Waals surface area (Å²) in [5.41, 5.74) is 0.579. The van der Waals surface area contributed by atoms with Crippen molar-refractivity contribution < 1.29 is 18.1 Å². The molecule has 0 radical (unpaired) electrons. The number of halogens is 2. The smallest absolute Gasteiger partial charge is 0.280 e. The van der Waals surface area contributed by atoms with E-state index in [0.29, 0.717) is 24.6 Å². The predicted molar refractivity (Wildman–Crippen MR) is 88.6 cm³/mol. The van der Waals surface area contributed by atoms with E-state index in [1.54, 1.807) is 22.7 Å². The maximum absolute atomic E-state index is 13.4. The van der Waals surface area contributed by atoms with Gasteiger partial charge >= 0.3 is 0 Å². The number of hydrogen-bond acceptors (Lipinski definition) is 6. The van der Waals surface area contributed by atoms with E-state index in [0.717, 1.165) is 25.0 Å². The summed E-state index contributed by atoms with van der Waals surface area (Å²) in [5, 5.41) is 11.9. The van der Waals surface area contributed by atoms with Crippen LogP contribution in [0.5, 0.6) is 0 Å². The molecule has 0 N–H and O–H groups in total. The van der Waals surface area contributed by atoms with Gasteiger partial charge in [-0.1, -0.05) is 10.4 Å². The average Bonchev–Trinajstić information content (AvgIpc) is 3.32. The number of aromatic nitrogens is 5. The molecule has 27 heavy (non-hydrogen) atoms. The van der Waals surface area contributed by atoms with Gasteiger partial charge in [0.2, 0.25) is 0 Å². The topological polar surface area (TPSA) is 89.9 Å². The van der Waals surface area contributed by atoms with Crippen LogP contribution in [-0.2, 0) is 0 Å². The minimum Gasteiger partial charge on any atom is -0.336 e. The number of likely N-dealkylation sites (tertiary alicyclic amines) is 1. The van der Waals surface area contributed by atoms with Crippen LogP contribution in [0.1, 0.15) is 35.1 Å². The van der Waals surface area contributed by atoms with E-state index in [-0.39, 0.29) is 23.4 Å². The molecule has 3 aromatic rings. The van der Waals surface area contributed by atoms with Crippen molar-refractivity contribution in [2.24, 2.45) is 0 Å². The maximum Gasteiger partial charge on any atom is 0.280 e. The van der Waals surface area contributed by atoms with Crippen molar-refractivity contribution in [1.29, 1.82) is 0 Å². The van der Waals surface area contributed by atoms with Gasteiger partial charge in [0.1, 0.15) is 0 Å². The van der Waals surface area contributed by atoms with E-state index >= 15 is 0 Å². The Morgan fingerprint density at radius 2 is 2.15 bits per heavy atom. The van der Waals surface area contributed by atoms with Gasteiger partial charge < -0.3 is 9.42 Å². The molecule has 0 bridgehead atoms. The number of rotatable bonds is 3. The number of benzene rings is 1. The minimum atomic E-state index is -1.04. The molecule has 1 unspecified atom stereocenters. The summed E-state index contributed by atoms with van der Waals surface area (Å²) in [6, 6.07) is 3.08. The van der Waals surface area contributed by atoms with Crippen molar-refractivity contribution >= 4 is 5.91 Å². The van der Waals surface area contributed by atoms with Gasteiger partial charge in [-0.3, -0.25) is 4.79 Å². The largest absolute Gasteiger partial charge is 0.336 e. The molecule has 1 fully saturated rings. The number of carbonyl (C=O) groups excluding carboxylic acids is 1. The van der Waals surface area contributed by atoms with Gasteiger partial charge in [-0.15, -0.1) is 5.10 Å². The van der Waals surface area contributed by atoms with Crippen molar-refractivity contribution in [3.8, 4) is 11.6 Å². The third-order valence-corrected chi connectivity index (χ3v) is 4.48. The highest BCUT2D eigenvalue weighted by molar-refractivity contribution is 5.94. The molecule has 140 valence electrons. The number of nitrogens with zero attached hydrogens (tertiary/aromatic N) is 6. The van der Waals surface area contributed by atoms with Gasteiger partial charge in [-0.2, -0.15) is 4.98 Å². The van der Waals surface area contributed by atoms with Crippen molar-refractivity contribution in [3.63, 3.8) is 0 Å². The number of hydrogen-bond donors (Lipinski definition) is 0. The van der Waals surface area contributed by atoms with E-state index in [2.05, 4.69) is 20.5 Å². The first-order valence-corrected chi connectivity index (χ1v) is 8.48. The highest BCUT2D eigenvalue weighted by Gasteiger charge is 2.27. The highest BCUT2D eigenvalue weighted by atomic mass is 19.2. The zero-order valence-electron chi connectivity index (χ0n) is 14.5. The molecule has 1 aliphatic rings. The van der Waals surface area contributed by atoms with Crippen LogP contribution < -0.4 is 0 Å². The van der Waals surface area contributed by atoms with E-state index in [4.69, 9.17) is 4.52 Å². The fraction of sp³-hybridized carbons (Fsp3) is 0.353. The molecule has 0 aliphatic carbocycles. The lowest BCUT2D eigenvalue weighted by Crippen LogP contribution is -2.40. The van der Waals surface area contributed by atoms with Gasteiger partial charge in [0.25, 0.3) is 11.8 Å². The molecule has 1 atom stereocenters. The van der Waals surface area contributed by atoms with E-state index in [1.807, 2.05) is 0 Å². The lowest BCUT2D eigenvalue weighted by atomic mass is 10.0. The standard InChI is InChI=1S/C17H16F2N6O2/c1-10-20-16(27-22-10)15-9-25(23-21-15)12-3-2-6-24(8-12)17(26)11-4-5-13(18)14(19)7-11/h4-5,7,9,12H,2-3,6,8H2,1H3. The second kappa shape index (κ2) is 6.86. The van der Waals surface area contributed by atoms with Crippen LogP contribution in [0.2, 0.25) is 0 Å². The Labute approximate surface area is 152 Å². The molecule has 1 saturated heterocycles. The Bertz CT molecular complexity index is 985. The first-order chi connectivity index (χ1) is 13.0. The maximum atomic E-state index is 13.4.